The van der Waals surface area contributed by atoms with E-state index in [1.165, 1.54) is 12.1 Å². The number of aromatic nitrogens is 1. The molecule has 0 spiro atoms. The standard InChI is InChI=1S/C30H40FN3O5/c1-37-27-18-21(33-29-24(27)8-6-13-32-29)7-2-4-15-38-22-12-14-34(19-22)28(30(35)36)25-17-20(31)10-11-23(25)26-9-3-5-16-39-26/h10-11,17-18,22,26,28H,2-9,12-16,19H2,1H3,(H,32,33)(H,35,36)/t22-,26+,28-/m1/s1. The van der Waals surface area contributed by atoms with Gasteiger partial charge in [-0.1, -0.05) is 6.07 Å². The summed E-state index contributed by atoms with van der Waals surface area (Å²) in [6.07, 6.45) is 8.11. The van der Waals surface area contributed by atoms with Crippen molar-refractivity contribution in [3.8, 4) is 5.75 Å². The van der Waals surface area contributed by atoms with E-state index >= 15 is 0 Å². The van der Waals surface area contributed by atoms with Gasteiger partial charge in [-0.3, -0.25) is 9.69 Å². The number of rotatable bonds is 11. The highest BCUT2D eigenvalue weighted by molar-refractivity contribution is 5.76. The zero-order chi connectivity index (χ0) is 27.2. The van der Waals surface area contributed by atoms with Crippen LogP contribution in [0.5, 0.6) is 5.75 Å². The van der Waals surface area contributed by atoms with Gasteiger partial charge in [-0.25, -0.2) is 9.37 Å². The van der Waals surface area contributed by atoms with E-state index in [1.807, 2.05) is 11.0 Å². The maximum Gasteiger partial charge on any atom is 0.325 e. The molecule has 0 amide bonds. The van der Waals surface area contributed by atoms with E-state index in [2.05, 4.69) is 5.32 Å². The molecule has 8 nitrogen and oxygen atoms in total. The van der Waals surface area contributed by atoms with Gasteiger partial charge in [-0.2, -0.15) is 0 Å². The molecule has 212 valence electrons. The first-order chi connectivity index (χ1) is 19.0. The fourth-order valence-corrected chi connectivity index (χ4v) is 6.10. The Bertz CT molecular complexity index is 1120. The number of methoxy groups -OCH3 is 1. The molecule has 0 saturated carbocycles. The fourth-order valence-electron chi connectivity index (χ4n) is 6.10. The molecule has 0 bridgehead atoms. The Morgan fingerprint density at radius 2 is 2.15 bits per heavy atom. The molecule has 9 heteroatoms. The number of ether oxygens (including phenoxy) is 3. The van der Waals surface area contributed by atoms with Crippen molar-refractivity contribution in [3.05, 3.63) is 52.5 Å². The van der Waals surface area contributed by atoms with Gasteiger partial charge in [-0.15, -0.1) is 0 Å². The summed E-state index contributed by atoms with van der Waals surface area (Å²) in [5.41, 5.74) is 3.47. The number of pyridine rings is 1. The zero-order valence-electron chi connectivity index (χ0n) is 22.8. The lowest BCUT2D eigenvalue weighted by Crippen LogP contribution is -2.34. The molecule has 4 heterocycles. The van der Waals surface area contributed by atoms with Crippen molar-refractivity contribution in [2.45, 2.75) is 76.0 Å². The number of anilines is 1. The number of aryl methyl sites for hydroxylation is 1. The van der Waals surface area contributed by atoms with Crippen LogP contribution in [0.2, 0.25) is 0 Å². The van der Waals surface area contributed by atoms with Crippen molar-refractivity contribution in [1.29, 1.82) is 0 Å². The van der Waals surface area contributed by atoms with Gasteiger partial charge in [-0.05, 0) is 81.0 Å². The van der Waals surface area contributed by atoms with Gasteiger partial charge in [0.05, 0.1) is 19.3 Å². The van der Waals surface area contributed by atoms with Gasteiger partial charge < -0.3 is 24.6 Å². The van der Waals surface area contributed by atoms with E-state index < -0.39 is 17.8 Å². The van der Waals surface area contributed by atoms with Crippen LogP contribution < -0.4 is 10.1 Å². The smallest absolute Gasteiger partial charge is 0.325 e. The molecule has 2 aromatic rings. The average molecular weight is 542 g/mol. The number of nitrogens with zero attached hydrogens (tertiary/aromatic N) is 2. The Labute approximate surface area is 229 Å². The normalized spacial score (nSPS) is 22.2. The molecule has 3 atom stereocenters. The van der Waals surface area contributed by atoms with Crippen LogP contribution in [0.15, 0.2) is 24.3 Å². The monoisotopic (exact) mass is 541 g/mol. The molecule has 2 N–H and O–H groups in total. The molecular weight excluding hydrogens is 501 g/mol. The lowest BCUT2D eigenvalue weighted by atomic mass is 9.92. The second-order valence-electron chi connectivity index (χ2n) is 10.8. The van der Waals surface area contributed by atoms with Gasteiger partial charge in [0.1, 0.15) is 23.4 Å². The summed E-state index contributed by atoms with van der Waals surface area (Å²) in [4.78, 5) is 19.1. The summed E-state index contributed by atoms with van der Waals surface area (Å²) in [7, 11) is 1.71. The number of hydrogen-bond donors (Lipinski definition) is 2. The van der Waals surface area contributed by atoms with Crippen LogP contribution in [0.4, 0.5) is 10.2 Å². The van der Waals surface area contributed by atoms with Gasteiger partial charge in [0.2, 0.25) is 0 Å². The zero-order valence-corrected chi connectivity index (χ0v) is 22.8. The Balaban J connectivity index is 1.14. The highest BCUT2D eigenvalue weighted by atomic mass is 19.1. The number of halogens is 1. The molecule has 0 radical (unpaired) electrons. The molecule has 2 fully saturated rings. The predicted molar refractivity (Wildman–Crippen MR) is 146 cm³/mol. The number of benzene rings is 1. The number of nitrogens with one attached hydrogen (secondary N) is 1. The predicted octanol–water partition coefficient (Wildman–Crippen LogP) is 5.07. The Morgan fingerprint density at radius 1 is 1.26 bits per heavy atom. The Morgan fingerprint density at radius 3 is 2.95 bits per heavy atom. The number of carbonyl (C=O) groups is 1. The topological polar surface area (TPSA) is 93.2 Å². The van der Waals surface area contributed by atoms with Crippen LogP contribution in [0.1, 0.15) is 79.5 Å². The number of fused-ring (bicyclic) bond motifs is 1. The first kappa shape index (κ1) is 27.8. The van der Waals surface area contributed by atoms with Crippen LogP contribution >= 0.6 is 0 Å². The molecule has 3 aliphatic rings. The first-order valence-electron chi connectivity index (χ1n) is 14.3. The Hall–Kier alpha value is -2.75. The number of likely N-dealkylation sites (tertiary alicyclic amines) is 1. The minimum absolute atomic E-state index is 0.0408. The second kappa shape index (κ2) is 13.1. The molecule has 39 heavy (non-hydrogen) atoms. The lowest BCUT2D eigenvalue weighted by Gasteiger charge is -2.30. The van der Waals surface area contributed by atoms with Crippen LogP contribution in [0.3, 0.4) is 0 Å². The van der Waals surface area contributed by atoms with Crippen LogP contribution in [0, 0.1) is 5.82 Å². The van der Waals surface area contributed by atoms with Crippen LogP contribution in [0.25, 0.3) is 0 Å². The van der Waals surface area contributed by atoms with E-state index in [1.54, 1.807) is 13.2 Å². The largest absolute Gasteiger partial charge is 0.496 e. The number of carboxylic acids is 1. The van der Waals surface area contributed by atoms with Crippen molar-refractivity contribution >= 4 is 11.8 Å². The quantitative estimate of drug-likeness (QED) is 0.381. The van der Waals surface area contributed by atoms with Crippen molar-refractivity contribution in [3.63, 3.8) is 0 Å². The maximum absolute atomic E-state index is 14.3. The summed E-state index contributed by atoms with van der Waals surface area (Å²) in [6.45, 7) is 3.29. The van der Waals surface area contributed by atoms with Gasteiger partial charge in [0.15, 0.2) is 0 Å². The molecular formula is C30H40FN3O5. The highest BCUT2D eigenvalue weighted by Crippen LogP contribution is 2.37. The third kappa shape index (κ3) is 6.70. The minimum atomic E-state index is -0.972. The number of unbranched alkanes of at least 4 members (excludes halogenated alkanes) is 1. The summed E-state index contributed by atoms with van der Waals surface area (Å²) >= 11 is 0. The van der Waals surface area contributed by atoms with Crippen molar-refractivity contribution < 1.29 is 28.5 Å². The summed E-state index contributed by atoms with van der Waals surface area (Å²) in [5.74, 6) is 0.460. The summed E-state index contributed by atoms with van der Waals surface area (Å²) in [6, 6.07) is 5.60. The van der Waals surface area contributed by atoms with E-state index in [0.717, 1.165) is 92.7 Å². The molecule has 2 saturated heterocycles. The van der Waals surface area contributed by atoms with Crippen LogP contribution in [-0.2, 0) is 27.1 Å². The van der Waals surface area contributed by atoms with Gasteiger partial charge in [0, 0.05) is 50.2 Å². The SMILES string of the molecule is COc1cc(CCCCO[C@@H]2CCN([C@@H](C(=O)O)c3cc(F)ccc3[C@@H]3CCCCO3)C2)nc2c1CCCN2. The third-order valence-electron chi connectivity index (χ3n) is 8.08. The first-order valence-corrected chi connectivity index (χ1v) is 14.3. The molecule has 3 aliphatic heterocycles. The number of aliphatic carboxylic acids is 1. The van der Waals surface area contributed by atoms with Gasteiger partial charge >= 0.3 is 5.97 Å². The molecule has 5 rings (SSSR count). The number of carboxylic acid groups (broad SMARTS) is 1. The van der Waals surface area contributed by atoms with E-state index in [0.29, 0.717) is 31.9 Å². The van der Waals surface area contributed by atoms with Crippen molar-refractivity contribution in [1.82, 2.24) is 9.88 Å². The fraction of sp³-hybridized carbons (Fsp3) is 0.600. The van der Waals surface area contributed by atoms with E-state index in [4.69, 9.17) is 19.2 Å². The summed E-state index contributed by atoms with van der Waals surface area (Å²) in [5, 5.41) is 13.6. The number of hydrogen-bond acceptors (Lipinski definition) is 7. The summed E-state index contributed by atoms with van der Waals surface area (Å²) < 4.78 is 32.0. The van der Waals surface area contributed by atoms with Crippen LogP contribution in [-0.4, -0.2) is 67.0 Å². The van der Waals surface area contributed by atoms with E-state index in [-0.39, 0.29) is 12.2 Å². The molecule has 1 aromatic heterocycles. The van der Waals surface area contributed by atoms with Crippen molar-refractivity contribution in [2.75, 3.05) is 45.3 Å². The minimum Gasteiger partial charge on any atom is -0.496 e. The van der Waals surface area contributed by atoms with E-state index in [9.17, 15) is 14.3 Å². The second-order valence-corrected chi connectivity index (χ2v) is 10.8. The average Bonchev–Trinajstić information content (AvgIpc) is 3.41. The highest BCUT2D eigenvalue weighted by Gasteiger charge is 2.36. The Kier molecular flexibility index (Phi) is 9.32. The van der Waals surface area contributed by atoms with Crippen molar-refractivity contribution in [2.24, 2.45) is 0 Å². The molecule has 0 aliphatic carbocycles. The lowest BCUT2D eigenvalue weighted by molar-refractivity contribution is -0.143. The van der Waals surface area contributed by atoms with Gasteiger partial charge in [0.25, 0.3) is 0 Å². The molecule has 1 aromatic carbocycles. The molecule has 0 unspecified atom stereocenters. The third-order valence-corrected chi connectivity index (χ3v) is 8.08. The maximum atomic E-state index is 14.3.